The van der Waals surface area contributed by atoms with E-state index in [1.54, 1.807) is 0 Å². The summed E-state index contributed by atoms with van der Waals surface area (Å²) in [6.07, 6.45) is 33.8. The van der Waals surface area contributed by atoms with Crippen LogP contribution in [0.2, 0.25) is 0 Å². The van der Waals surface area contributed by atoms with Crippen molar-refractivity contribution in [1.29, 1.82) is 0 Å². The van der Waals surface area contributed by atoms with E-state index in [0.29, 0.717) is 23.9 Å². The minimum absolute atomic E-state index is 0.149. The first-order chi connectivity index (χ1) is 25.6. The summed E-state index contributed by atoms with van der Waals surface area (Å²) in [6.45, 7) is 4.73. The van der Waals surface area contributed by atoms with Gasteiger partial charge in [0, 0.05) is 12.8 Å². The van der Waals surface area contributed by atoms with Gasteiger partial charge in [0.05, 0.1) is 40.3 Å². The summed E-state index contributed by atoms with van der Waals surface area (Å²) in [5.74, 6) is -2.29. The molecule has 0 bridgehead atoms. The third kappa shape index (κ3) is 38.1. The van der Waals surface area contributed by atoms with Gasteiger partial charge in [0.15, 0.2) is 12.4 Å². The summed E-state index contributed by atoms with van der Waals surface area (Å²) in [5.41, 5.74) is 0. The van der Waals surface area contributed by atoms with Crippen LogP contribution in [0, 0.1) is 0 Å². The molecule has 9 nitrogen and oxygen atoms in total. The maximum absolute atomic E-state index is 12.7. The van der Waals surface area contributed by atoms with Crippen molar-refractivity contribution in [3.05, 3.63) is 12.2 Å². The van der Waals surface area contributed by atoms with Crippen molar-refractivity contribution < 1.29 is 42.9 Å². The number of unbranched alkanes of at least 4 members (excludes halogenated alkanes) is 23. The lowest BCUT2D eigenvalue weighted by molar-refractivity contribution is -0.870. The van der Waals surface area contributed by atoms with E-state index in [9.17, 15) is 19.5 Å². The Morgan fingerprint density at radius 1 is 0.547 bits per heavy atom. The van der Waals surface area contributed by atoms with Gasteiger partial charge in [-0.2, -0.15) is 0 Å². The van der Waals surface area contributed by atoms with E-state index in [-0.39, 0.29) is 32.2 Å². The van der Waals surface area contributed by atoms with Gasteiger partial charge < -0.3 is 33.3 Å². The molecule has 9 heteroatoms. The van der Waals surface area contributed by atoms with Gasteiger partial charge in [-0.25, -0.2) is 0 Å². The maximum Gasteiger partial charge on any atom is 0.306 e. The Morgan fingerprint density at radius 3 is 1.40 bits per heavy atom. The fraction of sp³-hybridized carbons (Fsp3) is 0.886. The zero-order valence-electron chi connectivity index (χ0n) is 35.2. The molecule has 0 rings (SSSR count). The Bertz CT molecular complexity index is 887. The van der Waals surface area contributed by atoms with E-state index in [1.165, 1.54) is 109 Å². The molecule has 0 amide bonds. The number of hydrogen-bond donors (Lipinski definition) is 0. The zero-order valence-corrected chi connectivity index (χ0v) is 35.2. The minimum atomic E-state index is -1.62. The molecule has 0 heterocycles. The first-order valence-electron chi connectivity index (χ1n) is 21.8. The second-order valence-corrected chi connectivity index (χ2v) is 16.0. The minimum Gasteiger partial charge on any atom is -0.545 e. The van der Waals surface area contributed by atoms with Crippen LogP contribution in [0.4, 0.5) is 0 Å². The van der Waals surface area contributed by atoms with E-state index in [0.717, 1.165) is 51.4 Å². The number of rotatable bonds is 40. The molecule has 0 N–H and O–H groups in total. The van der Waals surface area contributed by atoms with Crippen molar-refractivity contribution in [3.8, 4) is 0 Å². The smallest absolute Gasteiger partial charge is 0.306 e. The number of allylic oxidation sites excluding steroid dienone is 2. The van der Waals surface area contributed by atoms with Crippen molar-refractivity contribution in [2.24, 2.45) is 0 Å². The summed E-state index contributed by atoms with van der Waals surface area (Å²) in [7, 11) is 5.91. The van der Waals surface area contributed by atoms with Crippen molar-refractivity contribution in [3.63, 3.8) is 0 Å². The largest absolute Gasteiger partial charge is 0.545 e. The number of quaternary nitrogens is 1. The zero-order chi connectivity index (χ0) is 39.3. The number of carbonyl (C=O) groups is 3. The number of likely N-dealkylation sites (N-methyl/N-ethyl adjacent to an activating group) is 1. The van der Waals surface area contributed by atoms with E-state index < -0.39 is 24.3 Å². The van der Waals surface area contributed by atoms with Crippen LogP contribution >= 0.6 is 0 Å². The fourth-order valence-corrected chi connectivity index (χ4v) is 6.06. The fourth-order valence-electron chi connectivity index (χ4n) is 6.06. The van der Waals surface area contributed by atoms with Crippen LogP contribution in [0.5, 0.6) is 0 Å². The number of carbonyl (C=O) groups excluding carboxylic acids is 3. The Labute approximate surface area is 325 Å². The number of carboxylic acids is 1. The van der Waals surface area contributed by atoms with Crippen LogP contribution in [0.3, 0.4) is 0 Å². The highest BCUT2D eigenvalue weighted by molar-refractivity contribution is 5.70. The summed E-state index contributed by atoms with van der Waals surface area (Å²) in [6, 6.07) is 0. The summed E-state index contributed by atoms with van der Waals surface area (Å²) >= 11 is 0. The summed E-state index contributed by atoms with van der Waals surface area (Å²) in [5, 5.41) is 11.7. The van der Waals surface area contributed by atoms with E-state index in [4.69, 9.17) is 18.9 Å². The van der Waals surface area contributed by atoms with Crippen LogP contribution in [-0.2, 0) is 33.3 Å². The maximum atomic E-state index is 12.7. The molecule has 0 radical (unpaired) electrons. The Morgan fingerprint density at radius 2 is 0.962 bits per heavy atom. The molecule has 53 heavy (non-hydrogen) atoms. The average Bonchev–Trinajstić information content (AvgIpc) is 3.11. The Balaban J connectivity index is 4.46. The molecule has 0 saturated carbocycles. The molecule has 2 atom stereocenters. The van der Waals surface area contributed by atoms with Crippen LogP contribution in [0.15, 0.2) is 12.2 Å². The lowest BCUT2D eigenvalue weighted by atomic mass is 10.0. The lowest BCUT2D eigenvalue weighted by Gasteiger charge is -2.26. The van der Waals surface area contributed by atoms with Gasteiger partial charge in [0.25, 0.3) is 0 Å². The highest BCUT2D eigenvalue weighted by Gasteiger charge is 2.21. The number of nitrogens with zero attached hydrogens (tertiary/aromatic N) is 1. The monoisotopic (exact) mass is 754 g/mol. The Hall–Kier alpha value is -1.97. The first kappa shape index (κ1) is 51.0. The van der Waals surface area contributed by atoms with Gasteiger partial charge in [-0.15, -0.1) is 0 Å². The third-order valence-electron chi connectivity index (χ3n) is 9.51. The molecule has 0 fully saturated rings. The van der Waals surface area contributed by atoms with Crippen molar-refractivity contribution in [1.82, 2.24) is 0 Å². The number of esters is 2. The highest BCUT2D eigenvalue weighted by Crippen LogP contribution is 2.14. The average molecular weight is 754 g/mol. The van der Waals surface area contributed by atoms with Gasteiger partial charge in [0.1, 0.15) is 13.2 Å². The molecule has 0 saturated heterocycles. The van der Waals surface area contributed by atoms with Crippen LogP contribution in [0.25, 0.3) is 0 Å². The van der Waals surface area contributed by atoms with E-state index in [1.807, 2.05) is 21.1 Å². The van der Waals surface area contributed by atoms with Crippen molar-refractivity contribution in [2.45, 2.75) is 206 Å². The summed E-state index contributed by atoms with van der Waals surface area (Å²) in [4.78, 5) is 36.9. The van der Waals surface area contributed by atoms with Gasteiger partial charge in [0.2, 0.25) is 0 Å². The van der Waals surface area contributed by atoms with Crippen molar-refractivity contribution in [2.75, 3.05) is 47.5 Å². The predicted octanol–water partition coefficient (Wildman–Crippen LogP) is 9.78. The highest BCUT2D eigenvalue weighted by atomic mass is 16.7. The van der Waals surface area contributed by atoms with E-state index >= 15 is 0 Å². The molecule has 0 aromatic heterocycles. The van der Waals surface area contributed by atoms with E-state index in [2.05, 4.69) is 26.0 Å². The third-order valence-corrected chi connectivity index (χ3v) is 9.51. The SMILES string of the molecule is CCCCCCCC/C=C\CCCCCCCC(=O)OC(COC(=O)CCCCCCCCCCCCCCC)COC(OCC[N+](C)(C)C)C(=O)[O-]. The number of aliphatic carboxylic acids is 1. The molecule has 0 spiro atoms. The van der Waals surface area contributed by atoms with Gasteiger partial charge >= 0.3 is 11.9 Å². The predicted molar refractivity (Wildman–Crippen MR) is 214 cm³/mol. The molecule has 2 unspecified atom stereocenters. The molecular weight excluding hydrogens is 670 g/mol. The molecule has 312 valence electrons. The standard InChI is InChI=1S/C44H83NO8/c1-6-8-10-12-14-16-18-20-21-23-25-27-29-31-33-35-42(47)53-40(39-52-44(43(48)49)50-37-36-45(3,4)5)38-51-41(46)34-32-30-28-26-24-22-19-17-15-13-11-9-7-2/h20-21,40,44H,6-19,22-39H2,1-5H3/b21-20-. The van der Waals surface area contributed by atoms with Crippen LogP contribution in [0.1, 0.15) is 194 Å². The molecule has 0 aliphatic heterocycles. The summed E-state index contributed by atoms with van der Waals surface area (Å²) < 4.78 is 22.5. The molecule has 0 aromatic carbocycles. The second kappa shape index (κ2) is 37.0. The van der Waals surface area contributed by atoms with Crippen molar-refractivity contribution >= 4 is 17.9 Å². The quantitative estimate of drug-likeness (QED) is 0.0200. The van der Waals surface area contributed by atoms with Crippen LogP contribution in [-0.4, -0.2) is 82.3 Å². The number of carboxylic acid groups (broad SMARTS) is 1. The number of ether oxygens (including phenoxy) is 4. The molecule has 0 aromatic rings. The first-order valence-corrected chi connectivity index (χ1v) is 21.8. The van der Waals surface area contributed by atoms with Crippen LogP contribution < -0.4 is 5.11 Å². The number of hydrogen-bond acceptors (Lipinski definition) is 8. The molecule has 0 aliphatic rings. The molecular formula is C44H83NO8. The van der Waals surface area contributed by atoms with Gasteiger partial charge in [-0.1, -0.05) is 154 Å². The van der Waals surface area contributed by atoms with Gasteiger partial charge in [-0.05, 0) is 38.5 Å². The second-order valence-electron chi connectivity index (χ2n) is 16.0. The lowest BCUT2D eigenvalue weighted by Crippen LogP contribution is -2.44. The normalized spacial score (nSPS) is 13.0. The molecule has 0 aliphatic carbocycles. The Kier molecular flexibility index (Phi) is 35.6. The van der Waals surface area contributed by atoms with Gasteiger partial charge in [-0.3, -0.25) is 9.59 Å². The topological polar surface area (TPSA) is 111 Å².